The number of aromatic nitrogens is 8. The van der Waals surface area contributed by atoms with Gasteiger partial charge in [-0.25, -0.2) is 19.9 Å². The summed E-state index contributed by atoms with van der Waals surface area (Å²) in [5.41, 5.74) is 10.9. The molecule has 7 heterocycles. The molecule has 1 aliphatic carbocycles. The molecule has 252 valence electrons. The Kier molecular flexibility index (Phi) is 7.60. The zero-order valence-electron chi connectivity index (χ0n) is 23.6. The van der Waals surface area contributed by atoms with Gasteiger partial charge in [0, 0.05) is 6.42 Å². The minimum Gasteiger partial charge on any atom is -0.389 e. The van der Waals surface area contributed by atoms with Gasteiger partial charge < -0.3 is 50.0 Å². The normalized spacial score (nSPS) is 36.2. The summed E-state index contributed by atoms with van der Waals surface area (Å²) in [6.07, 6.45) is 0.219. The van der Waals surface area contributed by atoms with Crippen LogP contribution in [0.2, 0.25) is 0 Å². The maximum Gasteiger partial charge on any atom is 0.325 e. The van der Waals surface area contributed by atoms with Crippen LogP contribution in [-0.4, -0.2) is 107 Å². The third kappa shape index (κ3) is 5.07. The second-order valence-electron chi connectivity index (χ2n) is 11.5. The van der Waals surface area contributed by atoms with E-state index < -0.39 is 71.9 Å². The average molecular weight is 749 g/mol. The lowest BCUT2D eigenvalue weighted by Crippen LogP contribution is -2.77. The van der Waals surface area contributed by atoms with Crippen LogP contribution in [0.4, 0.5) is 11.8 Å². The van der Waals surface area contributed by atoms with Crippen molar-refractivity contribution in [3.8, 4) is 0 Å². The summed E-state index contributed by atoms with van der Waals surface area (Å²) >= 11 is 11.3. The fraction of sp³-hybridized carbons (Fsp3) is 0.545. The van der Waals surface area contributed by atoms with Gasteiger partial charge in [-0.05, 0) is 23.6 Å². The Morgan fingerprint density at radius 1 is 1.19 bits per heavy atom. The van der Waals surface area contributed by atoms with Crippen LogP contribution >= 0.6 is 25.6 Å². The zero-order valence-corrected chi connectivity index (χ0v) is 27.9. The van der Waals surface area contributed by atoms with Crippen LogP contribution < -0.4 is 17.0 Å². The van der Waals surface area contributed by atoms with Crippen LogP contribution in [0, 0.1) is 5.92 Å². The summed E-state index contributed by atoms with van der Waals surface area (Å²) < 4.78 is 32.3. The fourth-order valence-corrected chi connectivity index (χ4v) is 10.4. The van der Waals surface area contributed by atoms with Crippen molar-refractivity contribution in [2.45, 2.75) is 53.0 Å². The van der Waals surface area contributed by atoms with Crippen molar-refractivity contribution in [2.75, 3.05) is 24.7 Å². The van der Waals surface area contributed by atoms with Gasteiger partial charge >= 0.3 is 6.72 Å². The molecule has 3 saturated heterocycles. The minimum absolute atomic E-state index is 0.0135. The largest absolute Gasteiger partial charge is 0.389 e. The number of thioether (sulfide) groups is 1. The molecule has 3 aliphatic heterocycles. The Morgan fingerprint density at radius 2 is 1.96 bits per heavy atom. The van der Waals surface area contributed by atoms with E-state index >= 15 is 0 Å². The second-order valence-corrected chi connectivity index (χ2v) is 17.5. The summed E-state index contributed by atoms with van der Waals surface area (Å²) in [4.78, 5) is 56.5. The summed E-state index contributed by atoms with van der Waals surface area (Å²) in [5, 5.41) is 20.6. The molecular weight excluding hydrogens is 722 g/mol. The Bertz CT molecular complexity index is 2050. The van der Waals surface area contributed by atoms with Crippen molar-refractivity contribution >= 4 is 83.3 Å². The highest BCUT2D eigenvalue weighted by atomic mass is 32.5. The van der Waals surface area contributed by atoms with Crippen LogP contribution in [0.1, 0.15) is 18.0 Å². The molecule has 9 N–H and O–H groups in total. The van der Waals surface area contributed by atoms with Gasteiger partial charge in [0.1, 0.15) is 35.0 Å². The van der Waals surface area contributed by atoms with Gasteiger partial charge in [-0.1, -0.05) is 0 Å². The quantitative estimate of drug-likeness (QED) is 0.0919. The highest BCUT2D eigenvalue weighted by molar-refractivity contribution is 8.07. The van der Waals surface area contributed by atoms with Crippen molar-refractivity contribution in [3.63, 3.8) is 0 Å². The number of imidazole rings is 2. The monoisotopic (exact) mass is 748 g/mol. The highest BCUT2D eigenvalue weighted by Gasteiger charge is 2.82. The lowest BCUT2D eigenvalue weighted by atomic mass is 9.59. The smallest absolute Gasteiger partial charge is 0.325 e. The number of hydrogen-bond acceptors (Lipinski definition) is 18. The third-order valence-corrected chi connectivity index (χ3v) is 12.6. The lowest BCUT2D eigenvalue weighted by Gasteiger charge is -2.62. The van der Waals surface area contributed by atoms with Crippen LogP contribution in [0.3, 0.4) is 0 Å². The van der Waals surface area contributed by atoms with E-state index in [1.54, 1.807) is 4.57 Å². The summed E-state index contributed by atoms with van der Waals surface area (Å²) in [6.45, 7) is -4.58. The molecule has 47 heavy (non-hydrogen) atoms. The standard InChI is InChI=1S/C22H26N10O10P2S3/c23-14-8-15(26-4-25-14)31(5-27-8)18-12-13-21(41-18,2-22(13,35)40-12)3-39-44(37,46)42-11-10(33)7(1-38-43(36)45)47-19(11)32-6-28-9-16(32)29-20(24)30-17(9)34/h4-7,10-13,18-19,33,35,43H,1-3H2,(H,36,45)(H,37,46)(H2,23,25,26)(H3,24,29,30,34)/t7-,10-,11-,12-,13+,18-,19-,21-,22+,44?/m1/s1. The van der Waals surface area contributed by atoms with Crippen molar-refractivity contribution in [3.05, 3.63) is 29.3 Å². The number of anilines is 2. The van der Waals surface area contributed by atoms with Crippen molar-refractivity contribution in [2.24, 2.45) is 5.92 Å². The number of H-pyrrole nitrogens is 1. The number of aliphatic hydroxyl groups excluding tert-OH is 1. The number of fused-ring (bicyclic) bond motifs is 2. The van der Waals surface area contributed by atoms with E-state index in [-0.39, 0.29) is 42.6 Å². The van der Waals surface area contributed by atoms with Gasteiger partial charge in [0.05, 0.1) is 43.1 Å². The molecule has 25 heteroatoms. The topological polar surface area (TPSA) is 286 Å². The number of hydrogen-bond donors (Lipinski definition) is 7. The van der Waals surface area contributed by atoms with Crippen LogP contribution in [-0.2, 0) is 46.7 Å². The van der Waals surface area contributed by atoms with E-state index in [4.69, 9.17) is 58.1 Å². The Morgan fingerprint density at radius 3 is 2.72 bits per heavy atom. The molecule has 0 bridgehead atoms. The lowest BCUT2D eigenvalue weighted by molar-refractivity contribution is -0.433. The molecule has 4 aromatic heterocycles. The fourth-order valence-electron chi connectivity index (χ4n) is 6.77. The Balaban J connectivity index is 1.04. The summed E-state index contributed by atoms with van der Waals surface area (Å²) in [5.74, 6) is -1.96. The maximum atomic E-state index is 12.4. The molecule has 0 spiro atoms. The van der Waals surface area contributed by atoms with Crippen molar-refractivity contribution < 1.29 is 43.0 Å². The first-order chi connectivity index (χ1) is 22.3. The van der Waals surface area contributed by atoms with Gasteiger partial charge in [0.15, 0.2) is 41.8 Å². The van der Waals surface area contributed by atoms with Gasteiger partial charge in [-0.3, -0.25) is 23.4 Å². The molecule has 20 nitrogen and oxygen atoms in total. The molecule has 4 aromatic rings. The van der Waals surface area contributed by atoms with Gasteiger partial charge in [0.2, 0.25) is 5.95 Å². The minimum atomic E-state index is -4.15. The van der Waals surface area contributed by atoms with E-state index in [1.807, 2.05) is 0 Å². The van der Waals surface area contributed by atoms with E-state index in [2.05, 4.69) is 29.9 Å². The molecule has 1 saturated carbocycles. The first-order valence-corrected chi connectivity index (χ1v) is 19.9. The maximum absolute atomic E-state index is 12.4. The van der Waals surface area contributed by atoms with Crippen molar-refractivity contribution in [1.82, 2.24) is 39.0 Å². The molecule has 2 unspecified atom stereocenters. The first-order valence-electron chi connectivity index (χ1n) is 13.9. The van der Waals surface area contributed by atoms with Crippen LogP contribution in [0.25, 0.3) is 22.3 Å². The Labute approximate surface area is 277 Å². The molecule has 0 amide bonds. The molecule has 0 aromatic carbocycles. The van der Waals surface area contributed by atoms with Crippen LogP contribution in [0.5, 0.6) is 0 Å². The number of aliphatic hydroxyl groups is 2. The number of nitrogen functional groups attached to an aromatic ring is 2. The molecule has 11 atom stereocenters. The predicted molar refractivity (Wildman–Crippen MR) is 171 cm³/mol. The first kappa shape index (κ1) is 32.0. The Hall–Kier alpha value is -2.21. The van der Waals surface area contributed by atoms with Gasteiger partial charge in [-0.15, -0.1) is 11.8 Å². The summed E-state index contributed by atoms with van der Waals surface area (Å²) in [7, 11) is -2.50. The van der Waals surface area contributed by atoms with Gasteiger partial charge in [-0.2, -0.15) is 4.98 Å². The van der Waals surface area contributed by atoms with E-state index in [9.17, 15) is 24.8 Å². The number of nitrogens with two attached hydrogens (primary N) is 2. The second kappa shape index (κ2) is 11.2. The van der Waals surface area contributed by atoms with E-state index in [0.717, 1.165) is 11.8 Å². The van der Waals surface area contributed by atoms with Crippen molar-refractivity contribution in [1.29, 1.82) is 0 Å². The molecule has 0 radical (unpaired) electrons. The average Bonchev–Trinajstić information content (AvgIpc) is 3.71. The number of ether oxygens (including phenoxy) is 2. The zero-order chi connectivity index (χ0) is 33.0. The SMILES string of the molecule is Nc1nc2c(ncn2[C@@H]2S[C@H](CO[PH](O)=S)[C@@H](O)[C@H]2OP(O)(=S)OC[C@@]23C[C@]4(O)O[C@@H]([C@H](n5cnc6c(N)ncnc65)O2)[C@@H]34)c(=O)[nH]1. The number of nitrogens with zero attached hydrogens (tertiary/aromatic N) is 7. The summed E-state index contributed by atoms with van der Waals surface area (Å²) in [6, 6.07) is 0. The highest BCUT2D eigenvalue weighted by Crippen LogP contribution is 2.69. The number of rotatable bonds is 10. The van der Waals surface area contributed by atoms with E-state index in [0.29, 0.717) is 11.2 Å². The van der Waals surface area contributed by atoms with E-state index in [1.165, 1.54) is 23.5 Å². The number of nitrogens with one attached hydrogen (secondary N) is 1. The molecule has 4 fully saturated rings. The predicted octanol–water partition coefficient (Wildman–Crippen LogP) is -1.39. The van der Waals surface area contributed by atoms with Crippen LogP contribution in [0.15, 0.2) is 23.8 Å². The number of aromatic amines is 1. The third-order valence-electron chi connectivity index (χ3n) is 8.71. The molecule has 4 aliphatic rings. The van der Waals surface area contributed by atoms with Gasteiger partial charge in [0.25, 0.3) is 5.56 Å². The molecular formula is C22H26N10O10P2S3. The molecule has 8 rings (SSSR count).